The SMILES string of the molecule is CCn1c(S[C@@H](C)C(=O)N[C@](C)(C#N)C(C)C)nc2sc(C)c(C)c2c1=O. The molecule has 0 aromatic carbocycles. The number of aromatic nitrogens is 2. The van der Waals surface area contributed by atoms with Crippen LogP contribution < -0.4 is 10.9 Å². The van der Waals surface area contributed by atoms with Crippen LogP contribution in [0.3, 0.4) is 0 Å². The van der Waals surface area contributed by atoms with Crippen molar-refractivity contribution >= 4 is 39.2 Å². The number of hydrogen-bond donors (Lipinski definition) is 1. The summed E-state index contributed by atoms with van der Waals surface area (Å²) in [7, 11) is 0. The van der Waals surface area contributed by atoms with E-state index in [9.17, 15) is 14.9 Å². The lowest BCUT2D eigenvalue weighted by Crippen LogP contribution is -2.51. The number of nitriles is 1. The zero-order valence-electron chi connectivity index (χ0n) is 16.8. The smallest absolute Gasteiger partial charge is 0.263 e. The van der Waals surface area contributed by atoms with Gasteiger partial charge < -0.3 is 5.32 Å². The Morgan fingerprint density at radius 2 is 2.04 bits per heavy atom. The molecular weight excluding hydrogens is 380 g/mol. The van der Waals surface area contributed by atoms with Crippen molar-refractivity contribution in [3.8, 4) is 6.07 Å². The molecule has 0 aliphatic heterocycles. The average molecular weight is 407 g/mol. The minimum Gasteiger partial charge on any atom is -0.337 e. The van der Waals surface area contributed by atoms with Gasteiger partial charge in [0.15, 0.2) is 5.16 Å². The third-order valence-electron chi connectivity index (χ3n) is 4.99. The van der Waals surface area contributed by atoms with Crippen molar-refractivity contribution in [3.63, 3.8) is 0 Å². The molecule has 0 radical (unpaired) electrons. The van der Waals surface area contributed by atoms with Gasteiger partial charge in [0.2, 0.25) is 5.91 Å². The van der Waals surface area contributed by atoms with Crippen molar-refractivity contribution in [2.24, 2.45) is 5.92 Å². The zero-order valence-corrected chi connectivity index (χ0v) is 18.5. The van der Waals surface area contributed by atoms with Gasteiger partial charge in [-0.3, -0.25) is 14.2 Å². The van der Waals surface area contributed by atoms with E-state index >= 15 is 0 Å². The number of thioether (sulfide) groups is 1. The Labute approximate surface area is 168 Å². The summed E-state index contributed by atoms with van der Waals surface area (Å²) in [5.74, 6) is -0.266. The third-order valence-corrected chi connectivity index (χ3v) is 7.18. The predicted octanol–water partition coefficient (Wildman–Crippen LogP) is 3.63. The zero-order chi connectivity index (χ0) is 20.5. The van der Waals surface area contributed by atoms with Crippen molar-refractivity contribution in [3.05, 3.63) is 20.8 Å². The van der Waals surface area contributed by atoms with E-state index in [2.05, 4.69) is 16.4 Å². The van der Waals surface area contributed by atoms with Crippen LogP contribution in [0.4, 0.5) is 0 Å². The Hall–Kier alpha value is -1.85. The summed E-state index contributed by atoms with van der Waals surface area (Å²) in [6, 6.07) is 2.18. The van der Waals surface area contributed by atoms with Gasteiger partial charge in [-0.15, -0.1) is 11.3 Å². The van der Waals surface area contributed by atoms with Gasteiger partial charge in [-0.25, -0.2) is 4.98 Å². The van der Waals surface area contributed by atoms with Crippen LogP contribution in [0.2, 0.25) is 0 Å². The fourth-order valence-electron chi connectivity index (χ4n) is 2.55. The topological polar surface area (TPSA) is 87.8 Å². The number of nitrogens with one attached hydrogen (secondary N) is 1. The van der Waals surface area contributed by atoms with Gasteiger partial charge in [0.1, 0.15) is 10.4 Å². The molecular formula is C19H26N4O2S2. The molecule has 146 valence electrons. The molecule has 8 heteroatoms. The van der Waals surface area contributed by atoms with Gasteiger partial charge in [-0.05, 0) is 46.1 Å². The predicted molar refractivity (Wildman–Crippen MR) is 111 cm³/mol. The Balaban J connectivity index is 2.37. The van der Waals surface area contributed by atoms with Crippen LogP contribution in [-0.4, -0.2) is 26.2 Å². The molecule has 27 heavy (non-hydrogen) atoms. The minimum atomic E-state index is -0.935. The summed E-state index contributed by atoms with van der Waals surface area (Å²) in [6.07, 6.45) is 0. The first-order valence-corrected chi connectivity index (χ1v) is 10.7. The van der Waals surface area contributed by atoms with Crippen molar-refractivity contribution in [2.75, 3.05) is 0 Å². The quantitative estimate of drug-likeness (QED) is 0.585. The van der Waals surface area contributed by atoms with E-state index < -0.39 is 10.8 Å². The lowest BCUT2D eigenvalue weighted by molar-refractivity contribution is -0.121. The van der Waals surface area contributed by atoms with Crippen LogP contribution in [0.25, 0.3) is 10.2 Å². The largest absolute Gasteiger partial charge is 0.337 e. The van der Waals surface area contributed by atoms with Crippen molar-refractivity contribution in [2.45, 2.75) is 71.0 Å². The second-order valence-corrected chi connectivity index (χ2v) is 9.64. The van der Waals surface area contributed by atoms with Crippen LogP contribution in [0.5, 0.6) is 0 Å². The molecule has 2 aromatic heterocycles. The van der Waals surface area contributed by atoms with Gasteiger partial charge in [0.25, 0.3) is 5.56 Å². The fourth-order valence-corrected chi connectivity index (χ4v) is 4.59. The highest BCUT2D eigenvalue weighted by molar-refractivity contribution is 8.00. The van der Waals surface area contributed by atoms with E-state index in [4.69, 9.17) is 0 Å². The molecule has 0 unspecified atom stereocenters. The molecule has 2 rings (SSSR count). The van der Waals surface area contributed by atoms with Gasteiger partial charge in [-0.2, -0.15) is 5.26 Å². The molecule has 2 atom stereocenters. The van der Waals surface area contributed by atoms with E-state index in [1.54, 1.807) is 18.4 Å². The van der Waals surface area contributed by atoms with E-state index in [1.165, 1.54) is 23.1 Å². The van der Waals surface area contributed by atoms with Crippen molar-refractivity contribution in [1.82, 2.24) is 14.9 Å². The average Bonchev–Trinajstić information content (AvgIpc) is 2.89. The Bertz CT molecular complexity index is 971. The molecule has 6 nitrogen and oxygen atoms in total. The molecule has 1 amide bonds. The molecule has 0 aliphatic carbocycles. The number of thiophene rings is 1. The number of amides is 1. The summed E-state index contributed by atoms with van der Waals surface area (Å²) in [5, 5.41) is 13.0. The lowest BCUT2D eigenvalue weighted by atomic mass is 9.90. The van der Waals surface area contributed by atoms with Crippen molar-refractivity contribution in [1.29, 1.82) is 5.26 Å². The standard InChI is InChI=1S/C19H26N4O2S2/c1-8-23-17(25)14-11(4)12(5)26-16(14)21-18(23)27-13(6)15(24)22-19(7,9-20)10(2)3/h10,13H,8H2,1-7H3,(H,22,24)/t13-,19+/m0/s1. The highest BCUT2D eigenvalue weighted by Crippen LogP contribution is 2.30. The van der Waals surface area contributed by atoms with E-state index in [0.717, 1.165) is 10.4 Å². The fraction of sp³-hybridized carbons (Fsp3) is 0.579. The molecule has 0 saturated heterocycles. The summed E-state index contributed by atoms with van der Waals surface area (Å²) >= 11 is 2.74. The first kappa shape index (κ1) is 21.5. The summed E-state index contributed by atoms with van der Waals surface area (Å²) < 4.78 is 1.61. The van der Waals surface area contributed by atoms with Gasteiger partial charge in [0, 0.05) is 11.4 Å². The van der Waals surface area contributed by atoms with E-state index in [1.807, 2.05) is 34.6 Å². The lowest BCUT2D eigenvalue weighted by Gasteiger charge is -2.28. The molecule has 0 bridgehead atoms. The van der Waals surface area contributed by atoms with Crippen LogP contribution in [0, 0.1) is 31.1 Å². The molecule has 0 fully saturated rings. The Morgan fingerprint density at radius 1 is 1.41 bits per heavy atom. The maximum Gasteiger partial charge on any atom is 0.263 e. The van der Waals surface area contributed by atoms with Crippen molar-refractivity contribution < 1.29 is 4.79 Å². The summed E-state index contributed by atoms with van der Waals surface area (Å²) in [5.41, 5.74) is -0.0300. The molecule has 0 aliphatic rings. The van der Waals surface area contributed by atoms with Crippen LogP contribution in [-0.2, 0) is 11.3 Å². The molecule has 1 N–H and O–H groups in total. The first-order valence-electron chi connectivity index (χ1n) is 8.96. The van der Waals surface area contributed by atoms with Crippen LogP contribution in [0.1, 0.15) is 45.1 Å². The number of rotatable bonds is 6. The maximum absolute atomic E-state index is 12.9. The van der Waals surface area contributed by atoms with E-state index in [-0.39, 0.29) is 17.4 Å². The summed E-state index contributed by atoms with van der Waals surface area (Å²) in [4.78, 5) is 32.0. The van der Waals surface area contributed by atoms with E-state index in [0.29, 0.717) is 21.9 Å². The number of nitrogens with zero attached hydrogens (tertiary/aromatic N) is 3. The molecule has 0 saturated carbocycles. The Morgan fingerprint density at radius 3 is 2.56 bits per heavy atom. The summed E-state index contributed by atoms with van der Waals surface area (Å²) in [6.45, 7) is 13.6. The van der Waals surface area contributed by atoms with Crippen LogP contribution in [0.15, 0.2) is 9.95 Å². The molecule has 2 heterocycles. The number of carbonyl (C=O) groups is 1. The Kier molecular flexibility index (Phi) is 6.38. The maximum atomic E-state index is 12.9. The van der Waals surface area contributed by atoms with Gasteiger partial charge in [-0.1, -0.05) is 25.6 Å². The van der Waals surface area contributed by atoms with Crippen LogP contribution >= 0.6 is 23.1 Å². The number of fused-ring (bicyclic) bond motifs is 1. The monoisotopic (exact) mass is 406 g/mol. The minimum absolute atomic E-state index is 0.0241. The second-order valence-electron chi connectivity index (χ2n) is 7.13. The first-order chi connectivity index (χ1) is 12.6. The number of aryl methyl sites for hydroxylation is 2. The van der Waals surface area contributed by atoms with Gasteiger partial charge >= 0.3 is 0 Å². The highest BCUT2D eigenvalue weighted by atomic mass is 32.2. The second kappa shape index (κ2) is 8.03. The molecule has 0 spiro atoms. The normalized spacial score (nSPS) is 14.8. The number of hydrogen-bond acceptors (Lipinski definition) is 6. The highest BCUT2D eigenvalue weighted by Gasteiger charge is 2.32. The molecule has 2 aromatic rings. The third kappa shape index (κ3) is 4.04. The number of carbonyl (C=O) groups excluding carboxylic acids is 1. The van der Waals surface area contributed by atoms with Gasteiger partial charge in [0.05, 0.1) is 16.7 Å².